The van der Waals surface area contributed by atoms with E-state index in [1.165, 1.54) is 6.92 Å². The minimum absolute atomic E-state index is 0.0624. The van der Waals surface area contributed by atoms with Crippen molar-refractivity contribution < 1.29 is 143 Å². The van der Waals surface area contributed by atoms with Crippen molar-refractivity contribution in [3.05, 3.63) is 11.6 Å². The summed E-state index contributed by atoms with van der Waals surface area (Å²) in [4.78, 5) is 28.2. The van der Waals surface area contributed by atoms with E-state index in [9.17, 15) is 86.5 Å². The first-order chi connectivity index (χ1) is 41.3. The topological polar surface area (TPSA) is 459 Å². The summed E-state index contributed by atoms with van der Waals surface area (Å²) < 4.78 is 64.7. The second-order valence-electron chi connectivity index (χ2n) is 28.4. The number of fused-ring (bicyclic) bond motifs is 7. The Bertz CT molecular complexity index is 2500. The molecule has 1 unspecified atom stereocenters. The fraction of sp³-hybridized carbons (Fsp3) is 0.932. The fourth-order valence-corrected chi connectivity index (χ4v) is 17.7. The number of aliphatic hydroxyl groups is 16. The molecule has 10 rings (SSSR count). The van der Waals surface area contributed by atoms with Crippen molar-refractivity contribution in [1.82, 2.24) is 0 Å². The van der Waals surface area contributed by atoms with Gasteiger partial charge in [0.05, 0.1) is 70.7 Å². The first-order valence-corrected chi connectivity index (χ1v) is 30.8. The lowest BCUT2D eigenvalue weighted by molar-refractivity contribution is -0.372. The van der Waals surface area contributed by atoms with Gasteiger partial charge in [-0.15, -0.1) is 0 Å². The molecule has 0 aromatic heterocycles. The summed E-state index contributed by atoms with van der Waals surface area (Å²) in [5.74, 6) is -3.22. The van der Waals surface area contributed by atoms with E-state index in [0.29, 0.717) is 32.1 Å². The predicted octanol–water partition coefficient (Wildman–Crippen LogP) is -4.81. The third-order valence-electron chi connectivity index (χ3n) is 22.9. The number of hydrogen-bond donors (Lipinski definition) is 16. The number of ether oxygens (including phenoxy) is 11. The lowest BCUT2D eigenvalue weighted by Gasteiger charge is -2.72. The number of rotatable bonds is 15. The van der Waals surface area contributed by atoms with E-state index in [4.69, 9.17) is 52.1 Å². The number of hydrogen-bond acceptors (Lipinski definition) is 29. The van der Waals surface area contributed by atoms with E-state index in [1.807, 2.05) is 6.92 Å². The summed E-state index contributed by atoms with van der Waals surface area (Å²) in [6.45, 7) is 8.34. The van der Waals surface area contributed by atoms with Gasteiger partial charge in [-0.2, -0.15) is 0 Å². The quantitative estimate of drug-likeness (QED) is 0.0416. The van der Waals surface area contributed by atoms with Crippen LogP contribution in [0.25, 0.3) is 0 Å². The fourth-order valence-electron chi connectivity index (χ4n) is 17.7. The molecule has 10 aliphatic rings. The van der Waals surface area contributed by atoms with E-state index in [1.54, 1.807) is 0 Å². The van der Waals surface area contributed by atoms with Gasteiger partial charge in [0.15, 0.2) is 37.4 Å². The van der Waals surface area contributed by atoms with Crippen molar-refractivity contribution in [2.45, 2.75) is 247 Å². The molecule has 31 atom stereocenters. The Morgan fingerprint density at radius 2 is 1.24 bits per heavy atom. The molecule has 5 saturated heterocycles. The molecular formula is C59H94O29. The van der Waals surface area contributed by atoms with Crippen LogP contribution in [0.15, 0.2) is 11.6 Å². The summed E-state index contributed by atoms with van der Waals surface area (Å²) in [5.41, 5.74) is -6.99. The Kier molecular flexibility index (Phi) is 19.6. The van der Waals surface area contributed by atoms with Crippen LogP contribution in [-0.2, 0) is 61.7 Å². The van der Waals surface area contributed by atoms with Crippen molar-refractivity contribution in [2.75, 3.05) is 46.2 Å². The third kappa shape index (κ3) is 11.1. The molecule has 0 spiro atoms. The van der Waals surface area contributed by atoms with Crippen molar-refractivity contribution in [2.24, 2.45) is 50.2 Å². The maximum Gasteiger partial charge on any atom is 0.317 e. The molecule has 4 saturated carbocycles. The maximum absolute atomic E-state index is 15.5. The Morgan fingerprint density at radius 3 is 1.89 bits per heavy atom. The molecule has 504 valence electrons. The Labute approximate surface area is 508 Å². The van der Waals surface area contributed by atoms with Crippen molar-refractivity contribution in [3.8, 4) is 0 Å². The van der Waals surface area contributed by atoms with E-state index < -0.39 is 244 Å². The first-order valence-electron chi connectivity index (χ1n) is 30.8. The molecule has 29 nitrogen and oxygen atoms in total. The van der Waals surface area contributed by atoms with Gasteiger partial charge in [-0.3, -0.25) is 9.59 Å². The molecule has 29 heteroatoms. The average Bonchev–Trinajstić information content (AvgIpc) is 0.764. The minimum Gasteiger partial charge on any atom is -0.457 e. The van der Waals surface area contributed by atoms with Gasteiger partial charge in [-0.05, 0) is 97.7 Å². The van der Waals surface area contributed by atoms with Crippen molar-refractivity contribution >= 4 is 11.9 Å². The summed E-state index contributed by atoms with van der Waals surface area (Å²) in [7, 11) is 0. The van der Waals surface area contributed by atoms with Crippen LogP contribution in [0.4, 0.5) is 0 Å². The predicted molar refractivity (Wildman–Crippen MR) is 291 cm³/mol. The zero-order valence-corrected chi connectivity index (χ0v) is 50.7. The molecule has 5 aliphatic heterocycles. The zero-order valence-electron chi connectivity index (χ0n) is 50.7. The van der Waals surface area contributed by atoms with Crippen LogP contribution in [0, 0.1) is 50.2 Å². The number of aliphatic hydroxyl groups excluding tert-OH is 15. The summed E-state index contributed by atoms with van der Waals surface area (Å²) in [5, 5.41) is 178. The smallest absolute Gasteiger partial charge is 0.317 e. The molecule has 0 aromatic carbocycles. The van der Waals surface area contributed by atoms with Crippen molar-refractivity contribution in [1.29, 1.82) is 0 Å². The molecule has 88 heavy (non-hydrogen) atoms. The standard InChI is InChI=1S/C59H94O29/c1-24-41(84-47-39(73)42(30(67)19-78-47)85-51-45(75)58(77,22-63)23-80-51)43(82-25(2)64)40(74)49(81-24)86-44-35(69)29(66)18-79-50(44)88-52(76)59-13-12-53(3,4)14-27(59)26-8-9-32-54(5)15-28(65)46(87-48-38(72)37(71)36(70)31(17-60)83-48)57(20-61,21-62)33(54)10-11-55(32,6)56(26,7)16-34(59)68/h8,24,27-51,60-63,65-75,77H,9-23H2,1-7H3/t24-,27-,28-,29-,30+,31+,32+,33+,34+,35-,36+,37-,38+,39+,40?,41-,42-,43-,44+,45-,46-,47-,48-,49-,50-,51-,54+,55+,56+,58+,59+/m0/s1. The maximum atomic E-state index is 15.5. The zero-order chi connectivity index (χ0) is 64.3. The van der Waals surface area contributed by atoms with Gasteiger partial charge in [0.25, 0.3) is 0 Å². The highest BCUT2D eigenvalue weighted by Crippen LogP contribution is 2.76. The molecular weight excluding hydrogens is 1170 g/mol. The van der Waals surface area contributed by atoms with Gasteiger partial charge in [0.1, 0.15) is 84.3 Å². The van der Waals surface area contributed by atoms with Crippen molar-refractivity contribution in [3.63, 3.8) is 0 Å². The third-order valence-corrected chi connectivity index (χ3v) is 22.9. The van der Waals surface area contributed by atoms with Crippen LogP contribution in [-0.4, -0.2) is 287 Å². The van der Waals surface area contributed by atoms with Gasteiger partial charge in [-0.25, -0.2) is 0 Å². The van der Waals surface area contributed by atoms with Crippen LogP contribution >= 0.6 is 0 Å². The van der Waals surface area contributed by atoms with E-state index >= 15 is 4.79 Å². The molecule has 0 radical (unpaired) electrons. The average molecular weight is 1270 g/mol. The molecule has 9 fully saturated rings. The lowest BCUT2D eigenvalue weighted by atomic mass is 9.33. The molecule has 5 heterocycles. The van der Waals surface area contributed by atoms with Gasteiger partial charge < -0.3 is 134 Å². The molecule has 5 aliphatic carbocycles. The Morgan fingerprint density at radius 1 is 0.602 bits per heavy atom. The monoisotopic (exact) mass is 1270 g/mol. The molecule has 16 N–H and O–H groups in total. The van der Waals surface area contributed by atoms with Crippen LogP contribution in [0.5, 0.6) is 0 Å². The molecule has 0 amide bonds. The normalized spacial score (nSPS) is 52.5. The lowest BCUT2D eigenvalue weighted by Crippen LogP contribution is -2.71. The minimum atomic E-state index is -2.10. The van der Waals surface area contributed by atoms with Gasteiger partial charge in [0.2, 0.25) is 6.29 Å². The van der Waals surface area contributed by atoms with Gasteiger partial charge >= 0.3 is 11.9 Å². The largest absolute Gasteiger partial charge is 0.457 e. The number of carbonyl (C=O) groups is 2. The first kappa shape index (κ1) is 68.5. The highest BCUT2D eigenvalue weighted by Gasteiger charge is 2.74. The summed E-state index contributed by atoms with van der Waals surface area (Å²) >= 11 is 0. The summed E-state index contributed by atoms with van der Waals surface area (Å²) in [6, 6.07) is 0. The highest BCUT2D eigenvalue weighted by atomic mass is 16.8. The van der Waals surface area contributed by atoms with Crippen LogP contribution in [0.3, 0.4) is 0 Å². The number of allylic oxidation sites excluding steroid dienone is 2. The van der Waals surface area contributed by atoms with Gasteiger partial charge in [-0.1, -0.05) is 46.3 Å². The second-order valence-corrected chi connectivity index (χ2v) is 28.4. The van der Waals surface area contributed by atoms with E-state index in [2.05, 4.69) is 33.8 Å². The van der Waals surface area contributed by atoms with Crippen LogP contribution < -0.4 is 0 Å². The van der Waals surface area contributed by atoms with Crippen LogP contribution in [0.1, 0.15) is 99.8 Å². The second kappa shape index (κ2) is 25.1. The van der Waals surface area contributed by atoms with E-state index in [0.717, 1.165) is 12.5 Å². The highest BCUT2D eigenvalue weighted by molar-refractivity contribution is 5.80. The molecule has 0 aromatic rings. The van der Waals surface area contributed by atoms with Gasteiger partial charge in [0, 0.05) is 12.3 Å². The summed E-state index contributed by atoms with van der Waals surface area (Å²) in [6.07, 6.45) is -33.2. The van der Waals surface area contributed by atoms with E-state index in [-0.39, 0.29) is 30.6 Å². The molecule has 0 bridgehead atoms. The number of carbonyl (C=O) groups excluding carboxylic acids is 2. The Balaban J connectivity index is 0.883. The van der Waals surface area contributed by atoms with Crippen LogP contribution in [0.2, 0.25) is 0 Å². The SMILES string of the molecule is CC(=O)O[C@H]1C(O)[C@H](O[C@H]2[C@H](OC(=O)[C@]34CCC(C)(C)C[C@H]3C3=CC[C@@H]5[C@@]6(C)C[C@H](O)[C@H](O[C@@H]7O[C@H](CO)[C@@H](O)[C@H](O)[C@H]7O)C(CO)(CO)[C@@H]6CC[C@@]5(C)[C@]3(C)C[C@H]4O)OC[C@H](O)[C@@H]2O)O[C@@H](C)[C@@H]1O[C@@H]1OC[C@@H](O)[C@H](O[C@@H]2OC[C@](O)(CO)[C@H]2O)[C@H]1O. The Hall–Kier alpha value is -2.32. The number of esters is 2.